The van der Waals surface area contributed by atoms with Crippen molar-refractivity contribution in [3.63, 3.8) is 0 Å². The van der Waals surface area contributed by atoms with Crippen molar-refractivity contribution in [2.24, 2.45) is 5.73 Å². The van der Waals surface area contributed by atoms with Gasteiger partial charge in [0.15, 0.2) is 5.69 Å². The number of aromatic nitrogens is 1. The number of nitrogens with two attached hydrogens (primary N) is 1. The van der Waals surface area contributed by atoms with Crippen molar-refractivity contribution in [1.82, 2.24) is 10.3 Å². The van der Waals surface area contributed by atoms with Crippen LogP contribution in [0.25, 0.3) is 0 Å². The van der Waals surface area contributed by atoms with E-state index in [1.165, 1.54) is 6.26 Å². The summed E-state index contributed by atoms with van der Waals surface area (Å²) in [6.07, 6.45) is 1.34. The number of hydrogen-bond acceptors (Lipinski definition) is 4. The van der Waals surface area contributed by atoms with Gasteiger partial charge in [0.1, 0.15) is 12.3 Å². The van der Waals surface area contributed by atoms with E-state index in [1.807, 2.05) is 67.6 Å². The zero-order chi connectivity index (χ0) is 16.9. The van der Waals surface area contributed by atoms with Crippen molar-refractivity contribution >= 4 is 5.91 Å². The summed E-state index contributed by atoms with van der Waals surface area (Å²) in [5, 5.41) is 2.90. The number of benzene rings is 2. The molecule has 2 unspecified atom stereocenters. The second-order valence-electron chi connectivity index (χ2n) is 5.57. The maximum atomic E-state index is 12.3. The van der Waals surface area contributed by atoms with Crippen molar-refractivity contribution in [2.45, 2.75) is 19.0 Å². The number of carbonyl (C=O) groups excluding carboxylic acids is 1. The number of carbonyl (C=O) groups is 1. The van der Waals surface area contributed by atoms with Crippen molar-refractivity contribution in [3.8, 4) is 0 Å². The van der Waals surface area contributed by atoms with Gasteiger partial charge in [0.2, 0.25) is 5.89 Å². The van der Waals surface area contributed by atoms with E-state index in [0.717, 1.165) is 11.1 Å². The van der Waals surface area contributed by atoms with Gasteiger partial charge in [-0.15, -0.1) is 0 Å². The van der Waals surface area contributed by atoms with E-state index < -0.39 is 6.04 Å². The first kappa shape index (κ1) is 16.0. The van der Waals surface area contributed by atoms with Gasteiger partial charge in [-0.1, -0.05) is 60.7 Å². The fourth-order valence-corrected chi connectivity index (χ4v) is 2.43. The maximum Gasteiger partial charge on any atom is 0.273 e. The third kappa shape index (κ3) is 3.52. The summed E-state index contributed by atoms with van der Waals surface area (Å²) in [7, 11) is 0. The van der Waals surface area contributed by atoms with Gasteiger partial charge in [-0.3, -0.25) is 4.79 Å². The van der Waals surface area contributed by atoms with Crippen molar-refractivity contribution in [1.29, 1.82) is 0 Å². The van der Waals surface area contributed by atoms with Gasteiger partial charge in [0.25, 0.3) is 5.91 Å². The lowest BCUT2D eigenvalue weighted by Gasteiger charge is -2.12. The zero-order valence-electron chi connectivity index (χ0n) is 13.3. The summed E-state index contributed by atoms with van der Waals surface area (Å²) in [5.74, 6) is 0.0281. The molecule has 2 atom stereocenters. The van der Waals surface area contributed by atoms with Crippen LogP contribution in [0.2, 0.25) is 0 Å². The van der Waals surface area contributed by atoms with Gasteiger partial charge in [-0.25, -0.2) is 4.98 Å². The number of rotatable bonds is 5. The average Bonchev–Trinajstić information content (AvgIpc) is 3.13. The van der Waals surface area contributed by atoms with Crippen LogP contribution in [0, 0.1) is 0 Å². The lowest BCUT2D eigenvalue weighted by Crippen LogP contribution is -2.27. The van der Waals surface area contributed by atoms with E-state index in [9.17, 15) is 4.79 Å². The minimum absolute atomic E-state index is 0.123. The van der Waals surface area contributed by atoms with Crippen molar-refractivity contribution in [2.75, 3.05) is 0 Å². The number of nitrogens with zero attached hydrogens (tertiary/aromatic N) is 1. The summed E-state index contributed by atoms with van der Waals surface area (Å²) in [4.78, 5) is 16.6. The molecule has 0 radical (unpaired) electrons. The number of amides is 1. The first-order chi connectivity index (χ1) is 11.6. The summed E-state index contributed by atoms with van der Waals surface area (Å²) < 4.78 is 5.39. The topological polar surface area (TPSA) is 81.2 Å². The molecule has 0 saturated carbocycles. The van der Waals surface area contributed by atoms with E-state index in [0.29, 0.717) is 5.89 Å². The van der Waals surface area contributed by atoms with E-state index in [1.54, 1.807) is 0 Å². The lowest BCUT2D eigenvalue weighted by molar-refractivity contribution is 0.0935. The summed E-state index contributed by atoms with van der Waals surface area (Å²) >= 11 is 0. The normalized spacial score (nSPS) is 13.2. The Hall–Kier alpha value is -2.92. The SMILES string of the molecule is CC(NC(=O)c1coc(C(N)c2ccccc2)n1)c1ccccc1. The van der Waals surface area contributed by atoms with Crippen LogP contribution >= 0.6 is 0 Å². The molecule has 1 aromatic heterocycles. The third-order valence-electron chi connectivity index (χ3n) is 3.83. The molecule has 0 spiro atoms. The zero-order valence-corrected chi connectivity index (χ0v) is 13.3. The Balaban J connectivity index is 1.70. The molecule has 1 heterocycles. The highest BCUT2D eigenvalue weighted by Gasteiger charge is 2.19. The quantitative estimate of drug-likeness (QED) is 0.756. The predicted octanol–water partition coefficient (Wildman–Crippen LogP) is 3.21. The molecular weight excluding hydrogens is 302 g/mol. The minimum atomic E-state index is -0.501. The summed E-state index contributed by atoms with van der Waals surface area (Å²) in [6, 6.07) is 18.6. The molecule has 24 heavy (non-hydrogen) atoms. The molecular formula is C19H19N3O2. The molecule has 0 bridgehead atoms. The van der Waals surface area contributed by atoms with Crippen LogP contribution in [0.4, 0.5) is 0 Å². The first-order valence-corrected chi connectivity index (χ1v) is 7.77. The molecule has 0 aliphatic heterocycles. The van der Waals surface area contributed by atoms with Crippen LogP contribution in [0.3, 0.4) is 0 Å². The van der Waals surface area contributed by atoms with E-state index in [4.69, 9.17) is 10.2 Å². The monoisotopic (exact) mass is 321 g/mol. The Morgan fingerprint density at radius 1 is 1.04 bits per heavy atom. The molecule has 5 nitrogen and oxygen atoms in total. The fraction of sp³-hybridized carbons (Fsp3) is 0.158. The highest BCUT2D eigenvalue weighted by molar-refractivity contribution is 5.92. The molecule has 2 aromatic carbocycles. The molecule has 122 valence electrons. The Kier molecular flexibility index (Phi) is 4.72. The highest BCUT2D eigenvalue weighted by Crippen LogP contribution is 2.19. The molecule has 1 amide bonds. The molecule has 3 rings (SSSR count). The number of nitrogens with one attached hydrogen (secondary N) is 1. The molecule has 0 aliphatic carbocycles. The second kappa shape index (κ2) is 7.10. The largest absolute Gasteiger partial charge is 0.446 e. The summed E-state index contributed by atoms with van der Waals surface area (Å²) in [6.45, 7) is 1.92. The van der Waals surface area contributed by atoms with Gasteiger partial charge in [0.05, 0.1) is 6.04 Å². The van der Waals surface area contributed by atoms with E-state index >= 15 is 0 Å². The molecule has 0 fully saturated rings. The molecule has 3 aromatic rings. The minimum Gasteiger partial charge on any atom is -0.446 e. The van der Waals surface area contributed by atoms with Crippen molar-refractivity contribution in [3.05, 3.63) is 89.6 Å². The third-order valence-corrected chi connectivity index (χ3v) is 3.83. The van der Waals surface area contributed by atoms with Crippen LogP contribution in [0.1, 0.15) is 46.5 Å². The highest BCUT2D eigenvalue weighted by atomic mass is 16.3. The smallest absolute Gasteiger partial charge is 0.273 e. The van der Waals surface area contributed by atoms with Gasteiger partial charge in [-0.05, 0) is 18.1 Å². The Morgan fingerprint density at radius 2 is 1.62 bits per heavy atom. The van der Waals surface area contributed by atoms with Crippen LogP contribution in [0.15, 0.2) is 71.3 Å². The first-order valence-electron chi connectivity index (χ1n) is 7.77. The number of hydrogen-bond donors (Lipinski definition) is 2. The van der Waals surface area contributed by atoms with Gasteiger partial charge >= 0.3 is 0 Å². The Bertz CT molecular complexity index is 800. The molecule has 3 N–H and O–H groups in total. The Labute approximate surface area is 140 Å². The van der Waals surface area contributed by atoms with Crippen LogP contribution in [-0.4, -0.2) is 10.9 Å². The number of oxazole rings is 1. The van der Waals surface area contributed by atoms with Gasteiger partial charge in [-0.2, -0.15) is 0 Å². The van der Waals surface area contributed by atoms with Gasteiger partial charge in [0, 0.05) is 0 Å². The van der Waals surface area contributed by atoms with Crippen LogP contribution < -0.4 is 11.1 Å². The predicted molar refractivity (Wildman–Crippen MR) is 91.3 cm³/mol. The van der Waals surface area contributed by atoms with E-state index in [2.05, 4.69) is 10.3 Å². The summed E-state index contributed by atoms with van der Waals surface area (Å²) in [5.41, 5.74) is 8.26. The van der Waals surface area contributed by atoms with Crippen LogP contribution in [0.5, 0.6) is 0 Å². The molecule has 0 aliphatic rings. The maximum absolute atomic E-state index is 12.3. The average molecular weight is 321 g/mol. The molecule has 0 saturated heterocycles. The lowest BCUT2D eigenvalue weighted by atomic mass is 10.1. The molecule has 5 heteroatoms. The van der Waals surface area contributed by atoms with Crippen molar-refractivity contribution < 1.29 is 9.21 Å². The Morgan fingerprint density at radius 3 is 2.25 bits per heavy atom. The van der Waals surface area contributed by atoms with Crippen LogP contribution in [-0.2, 0) is 0 Å². The fourth-order valence-electron chi connectivity index (χ4n) is 2.43. The second-order valence-corrected chi connectivity index (χ2v) is 5.57. The standard InChI is InChI=1S/C19H19N3O2/c1-13(14-8-4-2-5-9-14)21-18(23)16-12-24-19(22-16)17(20)15-10-6-3-7-11-15/h2-13,17H,20H2,1H3,(H,21,23). The van der Waals surface area contributed by atoms with E-state index in [-0.39, 0.29) is 17.6 Å². The van der Waals surface area contributed by atoms with Gasteiger partial charge < -0.3 is 15.5 Å².